The van der Waals surface area contributed by atoms with Crippen molar-refractivity contribution in [3.05, 3.63) is 23.8 Å². The van der Waals surface area contributed by atoms with Crippen molar-refractivity contribution >= 4 is 23.3 Å². The summed E-state index contributed by atoms with van der Waals surface area (Å²) in [6.07, 6.45) is 1.02. The summed E-state index contributed by atoms with van der Waals surface area (Å²) in [6, 6.07) is 5.02. The second kappa shape index (κ2) is 7.71. The summed E-state index contributed by atoms with van der Waals surface area (Å²) in [5.41, 5.74) is 0.816. The highest BCUT2D eigenvalue weighted by atomic mass is 16.5. The third-order valence-electron chi connectivity index (χ3n) is 4.32. The lowest BCUT2D eigenvalue weighted by Crippen LogP contribution is -2.47. The van der Waals surface area contributed by atoms with Gasteiger partial charge in [-0.2, -0.15) is 0 Å². The van der Waals surface area contributed by atoms with Crippen LogP contribution >= 0.6 is 0 Å². The Balaban J connectivity index is 2.07. The maximum absolute atomic E-state index is 12.4. The van der Waals surface area contributed by atoms with E-state index >= 15 is 0 Å². The van der Waals surface area contributed by atoms with E-state index in [1.165, 1.54) is 11.8 Å². The van der Waals surface area contributed by atoms with Gasteiger partial charge in [-0.3, -0.25) is 14.4 Å². The minimum atomic E-state index is -0.329. The van der Waals surface area contributed by atoms with Gasteiger partial charge in [0.2, 0.25) is 5.91 Å². The summed E-state index contributed by atoms with van der Waals surface area (Å²) >= 11 is 0. The zero-order valence-corrected chi connectivity index (χ0v) is 17.1. The molecule has 0 spiro atoms. The molecule has 0 radical (unpaired) electrons. The summed E-state index contributed by atoms with van der Waals surface area (Å²) in [4.78, 5) is 37.9. The summed E-state index contributed by atoms with van der Waals surface area (Å²) in [5.74, 6) is 0.142. The number of nitrogens with zero attached hydrogens (tertiary/aromatic N) is 1. The SMILES string of the molecule is CC(=O)c1ccc2c(c1)N(CCC(=O)NC(C)(C)CC(C)(C)C)C(=O)CO2. The second-order valence-corrected chi connectivity index (χ2v) is 8.99. The maximum Gasteiger partial charge on any atom is 0.265 e. The minimum absolute atomic E-state index is 0.0659. The van der Waals surface area contributed by atoms with Gasteiger partial charge >= 0.3 is 0 Å². The lowest BCUT2D eigenvalue weighted by atomic mass is 9.82. The van der Waals surface area contributed by atoms with Crippen molar-refractivity contribution < 1.29 is 19.1 Å². The number of ketones is 1. The zero-order chi connectivity index (χ0) is 20.4. The first-order valence-electron chi connectivity index (χ1n) is 9.27. The van der Waals surface area contributed by atoms with Crippen LogP contribution < -0.4 is 15.0 Å². The molecule has 0 fully saturated rings. The van der Waals surface area contributed by atoms with Crippen LogP contribution in [0.1, 0.15) is 64.7 Å². The molecule has 0 unspecified atom stereocenters. The van der Waals surface area contributed by atoms with Crippen molar-refractivity contribution in [1.82, 2.24) is 5.32 Å². The molecule has 1 N–H and O–H groups in total. The summed E-state index contributed by atoms with van der Waals surface area (Å²) < 4.78 is 5.44. The van der Waals surface area contributed by atoms with Gasteiger partial charge in [-0.1, -0.05) is 20.8 Å². The van der Waals surface area contributed by atoms with Crippen molar-refractivity contribution in [2.24, 2.45) is 5.41 Å². The quantitative estimate of drug-likeness (QED) is 0.775. The number of hydrogen-bond donors (Lipinski definition) is 1. The van der Waals surface area contributed by atoms with Crippen molar-refractivity contribution in [1.29, 1.82) is 0 Å². The van der Waals surface area contributed by atoms with Gasteiger partial charge in [-0.25, -0.2) is 0 Å². The number of nitrogens with one attached hydrogen (secondary N) is 1. The van der Waals surface area contributed by atoms with Gasteiger partial charge in [0.25, 0.3) is 5.91 Å². The first-order chi connectivity index (χ1) is 12.4. The summed E-state index contributed by atoms with van der Waals surface area (Å²) in [5, 5.41) is 3.06. The van der Waals surface area contributed by atoms with Crippen LogP contribution in [-0.4, -0.2) is 36.3 Å². The lowest BCUT2D eigenvalue weighted by molar-refractivity contribution is -0.123. The zero-order valence-electron chi connectivity index (χ0n) is 17.1. The second-order valence-electron chi connectivity index (χ2n) is 8.99. The highest BCUT2D eigenvalue weighted by Gasteiger charge is 2.29. The van der Waals surface area contributed by atoms with Crippen molar-refractivity contribution in [2.45, 2.75) is 59.9 Å². The Kier molecular flexibility index (Phi) is 5.97. The first kappa shape index (κ1) is 20.9. The molecule has 1 aliphatic rings. The van der Waals surface area contributed by atoms with Crippen LogP contribution in [0.4, 0.5) is 5.69 Å². The third-order valence-corrected chi connectivity index (χ3v) is 4.32. The predicted octanol–water partition coefficient (Wildman–Crippen LogP) is 3.34. The fourth-order valence-corrected chi connectivity index (χ4v) is 3.69. The molecule has 0 aromatic heterocycles. The topological polar surface area (TPSA) is 75.7 Å². The number of rotatable bonds is 6. The van der Waals surface area contributed by atoms with E-state index in [1.54, 1.807) is 18.2 Å². The molecule has 0 atom stereocenters. The number of Topliss-reactive ketones (excluding diaryl/α,β-unsaturated/α-hetero) is 1. The van der Waals surface area contributed by atoms with Crippen LogP contribution in [0.2, 0.25) is 0 Å². The summed E-state index contributed by atoms with van der Waals surface area (Å²) in [7, 11) is 0. The van der Waals surface area contributed by atoms with Crippen LogP contribution in [0.25, 0.3) is 0 Å². The number of fused-ring (bicyclic) bond motifs is 1. The molecule has 0 saturated carbocycles. The molecule has 27 heavy (non-hydrogen) atoms. The first-order valence-corrected chi connectivity index (χ1v) is 9.27. The number of carbonyl (C=O) groups is 3. The van der Waals surface area contributed by atoms with Gasteiger partial charge in [0.1, 0.15) is 5.75 Å². The fourth-order valence-electron chi connectivity index (χ4n) is 3.69. The number of carbonyl (C=O) groups excluding carboxylic acids is 3. The van der Waals surface area contributed by atoms with E-state index < -0.39 is 0 Å². The van der Waals surface area contributed by atoms with Crippen molar-refractivity contribution in [3.63, 3.8) is 0 Å². The van der Waals surface area contributed by atoms with E-state index in [4.69, 9.17) is 4.74 Å². The van der Waals surface area contributed by atoms with Gasteiger partial charge in [0, 0.05) is 24.1 Å². The third kappa shape index (κ3) is 5.81. The van der Waals surface area contributed by atoms with Gasteiger partial charge in [-0.05, 0) is 50.8 Å². The highest BCUT2D eigenvalue weighted by molar-refractivity contribution is 6.01. The predicted molar refractivity (Wildman–Crippen MR) is 105 cm³/mol. The molecule has 148 valence electrons. The normalized spacial score (nSPS) is 14.4. The van der Waals surface area contributed by atoms with E-state index in [9.17, 15) is 14.4 Å². The van der Waals surface area contributed by atoms with Crippen molar-refractivity contribution in [2.75, 3.05) is 18.1 Å². The molecule has 0 aliphatic carbocycles. The Bertz CT molecular complexity index is 747. The monoisotopic (exact) mass is 374 g/mol. The van der Waals surface area contributed by atoms with Crippen LogP contribution in [0.15, 0.2) is 18.2 Å². The smallest absolute Gasteiger partial charge is 0.265 e. The standard InChI is InChI=1S/C21H30N2O4/c1-14(24)15-7-8-17-16(11-15)23(19(26)12-27-17)10-9-18(25)22-21(5,6)13-20(2,3)4/h7-8,11H,9-10,12-13H2,1-6H3,(H,22,25). The van der Waals surface area contributed by atoms with Crippen LogP contribution in [0, 0.1) is 5.41 Å². The molecular formula is C21H30N2O4. The van der Waals surface area contributed by atoms with Gasteiger partial charge in [0.15, 0.2) is 12.4 Å². The van der Waals surface area contributed by atoms with E-state index in [0.717, 1.165) is 6.42 Å². The lowest BCUT2D eigenvalue weighted by Gasteiger charge is -2.34. The Morgan fingerprint density at radius 1 is 1.19 bits per heavy atom. The average molecular weight is 374 g/mol. The molecule has 2 amide bonds. The number of anilines is 1. The largest absolute Gasteiger partial charge is 0.482 e. The molecule has 1 aromatic rings. The molecule has 1 aliphatic heterocycles. The van der Waals surface area contributed by atoms with Crippen molar-refractivity contribution in [3.8, 4) is 5.75 Å². The molecule has 0 bridgehead atoms. The Labute approximate surface area is 161 Å². The Hall–Kier alpha value is -2.37. The minimum Gasteiger partial charge on any atom is -0.482 e. The van der Waals surface area contributed by atoms with E-state index in [0.29, 0.717) is 17.0 Å². The van der Waals surface area contributed by atoms with Gasteiger partial charge in [-0.15, -0.1) is 0 Å². The van der Waals surface area contributed by atoms with Crippen LogP contribution in [0.5, 0.6) is 5.75 Å². The molecule has 1 aromatic carbocycles. The highest BCUT2D eigenvalue weighted by Crippen LogP contribution is 2.33. The van der Waals surface area contributed by atoms with Crippen LogP contribution in [0.3, 0.4) is 0 Å². The number of hydrogen-bond acceptors (Lipinski definition) is 4. The van der Waals surface area contributed by atoms with E-state index in [2.05, 4.69) is 26.1 Å². The van der Waals surface area contributed by atoms with Gasteiger partial charge in [0.05, 0.1) is 5.69 Å². The van der Waals surface area contributed by atoms with Crippen LogP contribution in [-0.2, 0) is 9.59 Å². The maximum atomic E-state index is 12.4. The van der Waals surface area contributed by atoms with E-state index in [1.807, 2.05) is 13.8 Å². The number of ether oxygens (including phenoxy) is 1. The van der Waals surface area contributed by atoms with Gasteiger partial charge < -0.3 is 15.0 Å². The van der Waals surface area contributed by atoms with E-state index in [-0.39, 0.29) is 48.1 Å². The molecule has 6 heteroatoms. The molecule has 1 heterocycles. The average Bonchev–Trinajstić information content (AvgIpc) is 2.50. The Morgan fingerprint density at radius 3 is 2.44 bits per heavy atom. The summed E-state index contributed by atoms with van der Waals surface area (Å²) in [6.45, 7) is 12.1. The Morgan fingerprint density at radius 2 is 1.85 bits per heavy atom. The molecule has 6 nitrogen and oxygen atoms in total. The molecule has 2 rings (SSSR count). The molecular weight excluding hydrogens is 344 g/mol. The number of amides is 2. The fraction of sp³-hybridized carbons (Fsp3) is 0.571. The molecule has 0 saturated heterocycles. The number of benzene rings is 1.